The van der Waals surface area contributed by atoms with Gasteiger partial charge in [-0.2, -0.15) is 0 Å². The van der Waals surface area contributed by atoms with Crippen LogP contribution in [0.3, 0.4) is 0 Å². The topological polar surface area (TPSA) is 62.5 Å². The van der Waals surface area contributed by atoms with Crippen molar-refractivity contribution in [1.82, 2.24) is 0 Å². The number of nitrogens with one attached hydrogen (secondary N) is 1. The van der Waals surface area contributed by atoms with Gasteiger partial charge >= 0.3 is 0 Å². The van der Waals surface area contributed by atoms with Crippen molar-refractivity contribution >= 4 is 11.6 Å². The van der Waals surface area contributed by atoms with E-state index < -0.39 is 11.9 Å². The summed E-state index contributed by atoms with van der Waals surface area (Å²) < 4.78 is 19.2. The zero-order valence-corrected chi connectivity index (χ0v) is 10.9. The first-order valence-corrected chi connectivity index (χ1v) is 6.40. The minimum Gasteiger partial charge on any atom is -0.469 e. The predicted octanol–water partition coefficient (Wildman–Crippen LogP) is 2.69. The molecule has 3 rings (SSSR count). The van der Waals surface area contributed by atoms with Crippen molar-refractivity contribution in [3.05, 3.63) is 52.7 Å². The minimum atomic E-state index is -1.07. The van der Waals surface area contributed by atoms with E-state index in [1.54, 1.807) is 19.1 Å². The largest absolute Gasteiger partial charge is 0.469 e. The first kappa shape index (κ1) is 12.9. The van der Waals surface area contributed by atoms with E-state index in [1.165, 1.54) is 12.3 Å². The molecule has 1 unspecified atom stereocenters. The first-order chi connectivity index (χ1) is 9.54. The molecule has 104 valence electrons. The molecule has 0 saturated heterocycles. The fourth-order valence-electron chi connectivity index (χ4n) is 2.42. The van der Waals surface area contributed by atoms with E-state index in [0.29, 0.717) is 29.9 Å². The smallest absolute Gasteiger partial charge is 0.224 e. The Balaban J connectivity index is 2.00. The minimum absolute atomic E-state index is 0.115. The number of amides is 1. The van der Waals surface area contributed by atoms with E-state index in [9.17, 15) is 14.3 Å². The van der Waals surface area contributed by atoms with Crippen molar-refractivity contribution in [3.63, 3.8) is 0 Å². The van der Waals surface area contributed by atoms with E-state index >= 15 is 0 Å². The summed E-state index contributed by atoms with van der Waals surface area (Å²) in [5.41, 5.74) is 2.03. The zero-order chi connectivity index (χ0) is 14.3. The van der Waals surface area contributed by atoms with Crippen molar-refractivity contribution in [2.45, 2.75) is 25.9 Å². The van der Waals surface area contributed by atoms with Crippen LogP contribution in [0.1, 0.15) is 35.0 Å². The van der Waals surface area contributed by atoms with Crippen LogP contribution in [0.2, 0.25) is 0 Å². The van der Waals surface area contributed by atoms with Gasteiger partial charge in [0.1, 0.15) is 17.7 Å². The second-order valence-electron chi connectivity index (χ2n) is 4.97. The van der Waals surface area contributed by atoms with Gasteiger partial charge in [0.05, 0.1) is 6.26 Å². The van der Waals surface area contributed by atoms with E-state index in [1.807, 2.05) is 0 Å². The highest BCUT2D eigenvalue weighted by atomic mass is 19.1. The maximum atomic E-state index is 14.1. The lowest BCUT2D eigenvalue weighted by molar-refractivity contribution is -0.116. The van der Waals surface area contributed by atoms with Crippen LogP contribution in [-0.4, -0.2) is 11.0 Å². The third-order valence-corrected chi connectivity index (χ3v) is 3.48. The summed E-state index contributed by atoms with van der Waals surface area (Å²) in [6.07, 6.45) is 1.26. The molecule has 0 radical (unpaired) electrons. The van der Waals surface area contributed by atoms with Gasteiger partial charge in [0.25, 0.3) is 0 Å². The molecule has 1 aliphatic heterocycles. The molecule has 1 amide bonds. The average molecular weight is 275 g/mol. The van der Waals surface area contributed by atoms with Gasteiger partial charge in [-0.15, -0.1) is 0 Å². The summed E-state index contributed by atoms with van der Waals surface area (Å²) in [4.78, 5) is 11.3. The van der Waals surface area contributed by atoms with Crippen molar-refractivity contribution in [3.8, 4) is 0 Å². The van der Waals surface area contributed by atoms with Crippen molar-refractivity contribution in [2.75, 3.05) is 5.32 Å². The molecule has 0 aliphatic carbocycles. The average Bonchev–Trinajstić information content (AvgIpc) is 2.84. The lowest BCUT2D eigenvalue weighted by atomic mass is 9.95. The molecular weight excluding hydrogens is 261 g/mol. The van der Waals surface area contributed by atoms with E-state index in [4.69, 9.17) is 4.42 Å². The fourth-order valence-corrected chi connectivity index (χ4v) is 2.42. The predicted molar refractivity (Wildman–Crippen MR) is 70.9 cm³/mol. The van der Waals surface area contributed by atoms with Gasteiger partial charge in [0.15, 0.2) is 0 Å². The molecule has 0 bridgehead atoms. The number of anilines is 1. The highest BCUT2D eigenvalue weighted by Gasteiger charge is 2.22. The number of carbonyl (C=O) groups is 1. The number of carbonyl (C=O) groups excluding carboxylic acids is 1. The van der Waals surface area contributed by atoms with Gasteiger partial charge < -0.3 is 14.8 Å². The Bertz CT molecular complexity index is 678. The van der Waals surface area contributed by atoms with Crippen LogP contribution in [0, 0.1) is 12.7 Å². The van der Waals surface area contributed by atoms with Crippen LogP contribution < -0.4 is 5.32 Å². The second kappa shape index (κ2) is 4.76. The Labute approximate surface area is 115 Å². The lowest BCUT2D eigenvalue weighted by Gasteiger charge is -2.19. The monoisotopic (exact) mass is 275 g/mol. The van der Waals surface area contributed by atoms with Crippen LogP contribution in [0.4, 0.5) is 10.1 Å². The van der Waals surface area contributed by atoms with Crippen LogP contribution >= 0.6 is 0 Å². The van der Waals surface area contributed by atoms with Gasteiger partial charge in [-0.1, -0.05) is 0 Å². The summed E-state index contributed by atoms with van der Waals surface area (Å²) in [7, 11) is 0. The summed E-state index contributed by atoms with van der Waals surface area (Å²) >= 11 is 0. The highest BCUT2D eigenvalue weighted by Crippen LogP contribution is 2.32. The number of aliphatic hydroxyl groups excluding tert-OH is 1. The molecule has 0 saturated carbocycles. The summed E-state index contributed by atoms with van der Waals surface area (Å²) in [5.74, 6) is -0.00218. The Morgan fingerprint density at radius 1 is 1.35 bits per heavy atom. The molecule has 1 aromatic carbocycles. The first-order valence-electron chi connectivity index (χ1n) is 6.40. The van der Waals surface area contributed by atoms with E-state index in [2.05, 4.69) is 5.32 Å². The number of aryl methyl sites for hydroxylation is 2. The second-order valence-corrected chi connectivity index (χ2v) is 4.97. The van der Waals surface area contributed by atoms with Crippen molar-refractivity contribution < 1.29 is 18.7 Å². The molecule has 0 spiro atoms. The number of fused-ring (bicyclic) bond motifs is 1. The summed E-state index contributed by atoms with van der Waals surface area (Å²) in [5, 5.41) is 12.9. The molecule has 1 atom stereocenters. The fraction of sp³-hybridized carbons (Fsp3) is 0.267. The molecule has 2 aromatic rings. The van der Waals surface area contributed by atoms with Crippen molar-refractivity contribution in [1.29, 1.82) is 0 Å². The zero-order valence-electron chi connectivity index (χ0n) is 10.9. The van der Waals surface area contributed by atoms with Gasteiger partial charge in [-0.05, 0) is 37.1 Å². The quantitative estimate of drug-likeness (QED) is 0.885. The van der Waals surface area contributed by atoms with Crippen LogP contribution in [0.15, 0.2) is 28.9 Å². The molecule has 2 heterocycles. The molecular formula is C15H14FNO3. The molecule has 1 aliphatic rings. The van der Waals surface area contributed by atoms with Gasteiger partial charge in [-0.25, -0.2) is 4.39 Å². The van der Waals surface area contributed by atoms with Crippen molar-refractivity contribution in [2.24, 2.45) is 0 Å². The molecule has 5 heteroatoms. The number of benzene rings is 1. The molecule has 0 fully saturated rings. The van der Waals surface area contributed by atoms with Gasteiger partial charge in [0.2, 0.25) is 5.91 Å². The van der Waals surface area contributed by atoms with Gasteiger partial charge in [-0.3, -0.25) is 4.79 Å². The highest BCUT2D eigenvalue weighted by molar-refractivity contribution is 5.93. The SMILES string of the molecule is Cc1cc(C(O)c2cc3c(cc2F)NC(=O)CC3)co1. The molecule has 20 heavy (non-hydrogen) atoms. The third-order valence-electron chi connectivity index (χ3n) is 3.48. The maximum Gasteiger partial charge on any atom is 0.224 e. The summed E-state index contributed by atoms with van der Waals surface area (Å²) in [6, 6.07) is 4.54. The van der Waals surface area contributed by atoms with Crippen LogP contribution in [0.25, 0.3) is 0 Å². The van der Waals surface area contributed by atoms with Crippen LogP contribution in [-0.2, 0) is 11.2 Å². The maximum absolute atomic E-state index is 14.1. The van der Waals surface area contributed by atoms with Crippen LogP contribution in [0.5, 0.6) is 0 Å². The lowest BCUT2D eigenvalue weighted by Crippen LogP contribution is -2.20. The molecule has 4 nitrogen and oxygen atoms in total. The molecule has 1 aromatic heterocycles. The summed E-state index contributed by atoms with van der Waals surface area (Å²) in [6.45, 7) is 1.76. The standard InChI is InChI=1S/C15H14FNO3/c1-8-4-10(7-20-8)15(19)11-5-9-2-3-14(18)17-13(9)6-12(11)16/h4-7,15,19H,2-3H2,1H3,(H,17,18). The number of aliphatic hydroxyl groups is 1. The number of hydrogen-bond acceptors (Lipinski definition) is 3. The van der Waals surface area contributed by atoms with E-state index in [0.717, 1.165) is 5.56 Å². The van der Waals surface area contributed by atoms with Gasteiger partial charge in [0, 0.05) is 23.2 Å². The van der Waals surface area contributed by atoms with E-state index in [-0.39, 0.29) is 11.5 Å². The number of furan rings is 1. The Kier molecular flexibility index (Phi) is 3.06. The normalized spacial score (nSPS) is 15.7. The Morgan fingerprint density at radius 2 is 2.15 bits per heavy atom. The molecule has 2 N–H and O–H groups in total. The number of hydrogen-bond donors (Lipinski definition) is 2. The number of rotatable bonds is 2. The third kappa shape index (κ3) is 2.20. The number of halogens is 1. The Hall–Kier alpha value is -2.14. The Morgan fingerprint density at radius 3 is 2.85 bits per heavy atom.